The summed E-state index contributed by atoms with van der Waals surface area (Å²) in [6.07, 6.45) is -0.461. The molecule has 70 valence electrons. The Morgan fingerprint density at radius 2 is 2.08 bits per heavy atom. The van der Waals surface area contributed by atoms with Crippen molar-refractivity contribution < 1.29 is 19.8 Å². The fourth-order valence-electron chi connectivity index (χ4n) is 0.833. The minimum absolute atomic E-state index is 0.0123. The van der Waals surface area contributed by atoms with E-state index in [0.717, 1.165) is 0 Å². The van der Waals surface area contributed by atoms with Gasteiger partial charge in [-0.25, -0.2) is 4.79 Å². The third-order valence-corrected chi connectivity index (χ3v) is 1.66. The van der Waals surface area contributed by atoms with Gasteiger partial charge in [-0.3, -0.25) is 9.89 Å². The van der Waals surface area contributed by atoms with Crippen molar-refractivity contribution in [2.24, 2.45) is 0 Å². The quantitative estimate of drug-likeness (QED) is 0.661. The van der Waals surface area contributed by atoms with Gasteiger partial charge in [0.05, 0.1) is 6.42 Å². The third-order valence-electron chi connectivity index (χ3n) is 1.35. The predicted octanol–water partition coefficient (Wildman–Crippen LogP) is 0.388. The van der Waals surface area contributed by atoms with Crippen molar-refractivity contribution in [3.63, 3.8) is 0 Å². The van der Waals surface area contributed by atoms with E-state index in [9.17, 15) is 9.59 Å². The maximum absolute atomic E-state index is 10.5. The Morgan fingerprint density at radius 3 is 2.54 bits per heavy atom. The van der Waals surface area contributed by atoms with Gasteiger partial charge in [0.25, 0.3) is 0 Å². The number of carbonyl (C=O) groups is 2. The molecule has 0 amide bonds. The Morgan fingerprint density at radius 1 is 1.46 bits per heavy atom. The standard InChI is InChI=1S/C6H5ClN2O4/c7-5-2(1-3(10)11)4(6(12)13)8-9-5/h1H2,(H,8,9)(H,10,11)(H,12,13). The van der Waals surface area contributed by atoms with Gasteiger partial charge in [0, 0.05) is 5.56 Å². The minimum Gasteiger partial charge on any atom is -0.481 e. The molecular formula is C6H5ClN2O4. The van der Waals surface area contributed by atoms with Gasteiger partial charge in [-0.1, -0.05) is 11.6 Å². The van der Waals surface area contributed by atoms with Crippen LogP contribution in [0.1, 0.15) is 16.1 Å². The first kappa shape index (κ1) is 9.53. The summed E-state index contributed by atoms with van der Waals surface area (Å²) in [4.78, 5) is 20.8. The van der Waals surface area contributed by atoms with Crippen molar-refractivity contribution in [2.45, 2.75) is 6.42 Å². The number of hydrogen-bond donors (Lipinski definition) is 3. The number of carboxylic acids is 2. The molecule has 0 radical (unpaired) electrons. The van der Waals surface area contributed by atoms with Gasteiger partial charge >= 0.3 is 11.9 Å². The van der Waals surface area contributed by atoms with Gasteiger partial charge in [-0.2, -0.15) is 5.10 Å². The molecule has 0 atom stereocenters. The Labute approximate surface area is 77.1 Å². The Balaban J connectivity index is 3.08. The molecule has 0 spiro atoms. The zero-order valence-corrected chi connectivity index (χ0v) is 7.00. The molecule has 1 aromatic rings. The molecule has 0 aliphatic rings. The first-order valence-corrected chi connectivity index (χ1v) is 3.58. The van der Waals surface area contributed by atoms with Crippen molar-refractivity contribution in [1.29, 1.82) is 0 Å². The largest absolute Gasteiger partial charge is 0.481 e. The van der Waals surface area contributed by atoms with Gasteiger partial charge in [0.15, 0.2) is 5.69 Å². The highest BCUT2D eigenvalue weighted by Gasteiger charge is 2.19. The highest BCUT2D eigenvalue weighted by Crippen LogP contribution is 2.17. The third kappa shape index (κ3) is 1.97. The van der Waals surface area contributed by atoms with Crippen LogP contribution in [0, 0.1) is 0 Å². The molecule has 13 heavy (non-hydrogen) atoms. The summed E-state index contributed by atoms with van der Waals surface area (Å²) in [6, 6.07) is 0. The molecule has 0 aliphatic carbocycles. The van der Waals surface area contributed by atoms with Gasteiger partial charge in [-0.15, -0.1) is 0 Å². The zero-order valence-electron chi connectivity index (χ0n) is 6.24. The van der Waals surface area contributed by atoms with Crippen molar-refractivity contribution in [3.05, 3.63) is 16.4 Å². The Bertz CT molecular complexity index is 360. The summed E-state index contributed by atoms with van der Waals surface area (Å²) < 4.78 is 0. The molecule has 7 heteroatoms. The van der Waals surface area contributed by atoms with Crippen molar-refractivity contribution >= 4 is 23.5 Å². The van der Waals surface area contributed by atoms with Crippen LogP contribution in [-0.2, 0) is 11.2 Å². The zero-order chi connectivity index (χ0) is 10.0. The first-order valence-electron chi connectivity index (χ1n) is 3.20. The molecule has 0 aliphatic heterocycles. The SMILES string of the molecule is O=C(O)Cc1c(C(=O)O)n[nH]c1Cl. The van der Waals surface area contributed by atoms with E-state index < -0.39 is 18.4 Å². The van der Waals surface area contributed by atoms with E-state index >= 15 is 0 Å². The molecule has 0 unspecified atom stereocenters. The molecular weight excluding hydrogens is 200 g/mol. The second-order valence-electron chi connectivity index (χ2n) is 2.24. The lowest BCUT2D eigenvalue weighted by atomic mass is 10.2. The van der Waals surface area contributed by atoms with E-state index in [2.05, 4.69) is 10.2 Å². The van der Waals surface area contributed by atoms with Crippen LogP contribution in [0.3, 0.4) is 0 Å². The summed E-state index contributed by atoms with van der Waals surface area (Å²) in [5.74, 6) is -2.47. The molecule has 6 nitrogen and oxygen atoms in total. The number of halogens is 1. The number of aromatic amines is 1. The lowest BCUT2D eigenvalue weighted by molar-refractivity contribution is -0.136. The van der Waals surface area contributed by atoms with Crippen LogP contribution in [0.5, 0.6) is 0 Å². The number of aromatic carboxylic acids is 1. The van der Waals surface area contributed by atoms with Crippen LogP contribution in [-0.4, -0.2) is 32.3 Å². The summed E-state index contributed by atoms with van der Waals surface area (Å²) >= 11 is 5.49. The minimum atomic E-state index is -1.31. The monoisotopic (exact) mass is 204 g/mol. The molecule has 0 bridgehead atoms. The van der Waals surface area contributed by atoms with E-state index in [1.807, 2.05) is 0 Å². The Kier molecular flexibility index (Phi) is 2.52. The predicted molar refractivity (Wildman–Crippen MR) is 41.9 cm³/mol. The Hall–Kier alpha value is -1.56. The highest BCUT2D eigenvalue weighted by molar-refractivity contribution is 6.30. The summed E-state index contributed by atoms with van der Waals surface area (Å²) in [6.45, 7) is 0. The summed E-state index contributed by atoms with van der Waals surface area (Å²) in [5.41, 5.74) is -0.367. The lowest BCUT2D eigenvalue weighted by Crippen LogP contribution is -2.06. The summed E-state index contributed by atoms with van der Waals surface area (Å²) in [5, 5.41) is 22.5. The molecule has 0 saturated carbocycles. The number of nitrogens with one attached hydrogen (secondary N) is 1. The van der Waals surface area contributed by atoms with Crippen LogP contribution < -0.4 is 0 Å². The van der Waals surface area contributed by atoms with Crippen LogP contribution in [0.15, 0.2) is 0 Å². The van der Waals surface area contributed by atoms with Gasteiger partial charge in [0.1, 0.15) is 5.15 Å². The maximum atomic E-state index is 10.5. The molecule has 0 aromatic carbocycles. The van der Waals surface area contributed by atoms with Crippen LogP contribution in [0.2, 0.25) is 5.15 Å². The van der Waals surface area contributed by atoms with Gasteiger partial charge in [0.2, 0.25) is 0 Å². The molecule has 1 aromatic heterocycles. The fourth-order valence-corrected chi connectivity index (χ4v) is 1.03. The number of H-pyrrole nitrogens is 1. The van der Waals surface area contributed by atoms with Crippen molar-refractivity contribution in [1.82, 2.24) is 10.2 Å². The van der Waals surface area contributed by atoms with Gasteiger partial charge in [-0.05, 0) is 0 Å². The topological polar surface area (TPSA) is 103 Å². The average molecular weight is 205 g/mol. The molecule has 3 N–H and O–H groups in total. The van der Waals surface area contributed by atoms with Crippen LogP contribution in [0.4, 0.5) is 0 Å². The number of rotatable bonds is 3. The average Bonchev–Trinajstić information content (AvgIpc) is 2.32. The van der Waals surface area contributed by atoms with E-state index in [1.54, 1.807) is 0 Å². The second kappa shape index (κ2) is 3.44. The number of hydrogen-bond acceptors (Lipinski definition) is 3. The van der Waals surface area contributed by atoms with Crippen LogP contribution in [0.25, 0.3) is 0 Å². The molecule has 1 rings (SSSR count). The second-order valence-corrected chi connectivity index (χ2v) is 2.62. The van der Waals surface area contributed by atoms with E-state index in [0.29, 0.717) is 0 Å². The van der Waals surface area contributed by atoms with E-state index in [-0.39, 0.29) is 16.4 Å². The van der Waals surface area contributed by atoms with E-state index in [1.165, 1.54) is 0 Å². The van der Waals surface area contributed by atoms with Gasteiger partial charge < -0.3 is 10.2 Å². The first-order chi connectivity index (χ1) is 6.02. The number of carboxylic acid groups (broad SMARTS) is 2. The number of nitrogens with zero attached hydrogens (tertiary/aromatic N) is 1. The smallest absolute Gasteiger partial charge is 0.356 e. The number of aliphatic carboxylic acids is 1. The molecule has 0 saturated heterocycles. The van der Waals surface area contributed by atoms with Crippen molar-refractivity contribution in [3.8, 4) is 0 Å². The van der Waals surface area contributed by atoms with E-state index in [4.69, 9.17) is 21.8 Å². The lowest BCUT2D eigenvalue weighted by Gasteiger charge is -1.93. The van der Waals surface area contributed by atoms with Crippen molar-refractivity contribution in [2.75, 3.05) is 0 Å². The normalized spacial score (nSPS) is 9.92. The number of aromatic nitrogens is 2. The van der Waals surface area contributed by atoms with Crippen LogP contribution >= 0.6 is 11.6 Å². The maximum Gasteiger partial charge on any atom is 0.356 e. The molecule has 1 heterocycles. The highest BCUT2D eigenvalue weighted by atomic mass is 35.5. The molecule has 0 fully saturated rings. The summed E-state index contributed by atoms with van der Waals surface area (Å²) in [7, 11) is 0. The fraction of sp³-hybridized carbons (Fsp3) is 0.167.